The van der Waals surface area contributed by atoms with Crippen LogP contribution in [0.5, 0.6) is 5.75 Å². The van der Waals surface area contributed by atoms with Crippen molar-refractivity contribution < 1.29 is 32.7 Å². The van der Waals surface area contributed by atoms with Crippen molar-refractivity contribution in [2.75, 3.05) is 58.2 Å². The number of phenols is 1. The molecule has 0 aliphatic carbocycles. The number of hydrogen-bond acceptors (Lipinski definition) is 6. The number of phenolic OH excluding ortho intramolecular Hbond substituents is 1. The van der Waals surface area contributed by atoms with Gasteiger partial charge in [-0.05, 0) is 126 Å². The second kappa shape index (κ2) is 16.6. The Bertz CT molecular complexity index is 1630. The molecular weight excluding hydrogens is 695 g/mol. The summed E-state index contributed by atoms with van der Waals surface area (Å²) in [6.45, 7) is 5.46. The van der Waals surface area contributed by atoms with Gasteiger partial charge in [0.1, 0.15) is 5.75 Å². The summed E-state index contributed by atoms with van der Waals surface area (Å²) in [6.07, 6.45) is 4.27. The highest BCUT2D eigenvalue weighted by molar-refractivity contribution is 6.32. The third-order valence-electron chi connectivity index (χ3n) is 11.4. The van der Waals surface area contributed by atoms with Crippen molar-refractivity contribution in [1.82, 2.24) is 19.6 Å². The number of aromatic hydroxyl groups is 1. The molecule has 4 aliphatic heterocycles. The van der Waals surface area contributed by atoms with Crippen molar-refractivity contribution in [2.24, 2.45) is 11.8 Å². The Morgan fingerprint density at radius 3 is 2.33 bits per heavy atom. The van der Waals surface area contributed by atoms with Gasteiger partial charge in [-0.25, -0.2) is 4.79 Å². The molecule has 4 heterocycles. The maximum absolute atomic E-state index is 13.8. The molecule has 9 nitrogen and oxygen atoms in total. The first-order valence-corrected chi connectivity index (χ1v) is 18.9. The summed E-state index contributed by atoms with van der Waals surface area (Å²) in [6, 6.07) is 10.1. The maximum atomic E-state index is 13.8. The number of hydrogen-bond donors (Lipinski definition) is 2. The molecule has 13 heteroatoms. The van der Waals surface area contributed by atoms with Gasteiger partial charge in [0, 0.05) is 49.7 Å². The van der Waals surface area contributed by atoms with E-state index in [1.54, 1.807) is 4.90 Å². The van der Waals surface area contributed by atoms with Crippen LogP contribution in [-0.4, -0.2) is 107 Å². The summed E-state index contributed by atoms with van der Waals surface area (Å²) in [5, 5.41) is 12.6. The number of para-hydroxylation sites is 1. The second-order valence-electron chi connectivity index (χ2n) is 14.9. The van der Waals surface area contributed by atoms with Crippen LogP contribution in [0.4, 0.5) is 23.7 Å². The van der Waals surface area contributed by atoms with Crippen molar-refractivity contribution in [3.05, 3.63) is 70.3 Å². The van der Waals surface area contributed by atoms with Crippen LogP contribution in [0, 0.1) is 11.8 Å². The number of nitrogens with one attached hydrogen (secondary N) is 1. The van der Waals surface area contributed by atoms with Gasteiger partial charge in [0.25, 0.3) is 0 Å². The molecule has 52 heavy (non-hydrogen) atoms. The van der Waals surface area contributed by atoms with Crippen molar-refractivity contribution >= 4 is 35.0 Å². The molecule has 3 amide bonds. The molecule has 0 unspecified atom stereocenters. The normalized spacial score (nSPS) is 21.2. The van der Waals surface area contributed by atoms with Gasteiger partial charge in [-0.15, -0.1) is 0 Å². The van der Waals surface area contributed by atoms with E-state index in [2.05, 4.69) is 22.2 Å². The van der Waals surface area contributed by atoms with E-state index in [0.29, 0.717) is 38.5 Å². The third kappa shape index (κ3) is 9.30. The van der Waals surface area contributed by atoms with Crippen LogP contribution in [0.15, 0.2) is 48.6 Å². The van der Waals surface area contributed by atoms with E-state index in [9.17, 15) is 32.7 Å². The lowest BCUT2D eigenvalue weighted by Gasteiger charge is -2.40. The van der Waals surface area contributed by atoms with E-state index >= 15 is 0 Å². The molecule has 2 N–H and O–H groups in total. The van der Waals surface area contributed by atoms with Crippen LogP contribution in [0.1, 0.15) is 61.6 Å². The highest BCUT2D eigenvalue weighted by Gasteiger charge is 2.37. The Labute approximate surface area is 308 Å². The minimum absolute atomic E-state index is 0.0514. The quantitative estimate of drug-likeness (QED) is 0.280. The molecule has 0 aromatic heterocycles. The minimum atomic E-state index is -4.85. The number of piperidine rings is 3. The number of rotatable bonds is 9. The van der Waals surface area contributed by atoms with Crippen molar-refractivity contribution in [3.8, 4) is 5.75 Å². The lowest BCUT2D eigenvalue weighted by atomic mass is 9.88. The number of ketones is 1. The topological polar surface area (TPSA) is 96.4 Å². The average molecular weight is 744 g/mol. The van der Waals surface area contributed by atoms with Crippen molar-refractivity contribution in [1.29, 1.82) is 0 Å². The van der Waals surface area contributed by atoms with Crippen LogP contribution in [0.3, 0.4) is 0 Å². The number of nitrogens with zero attached hydrogens (tertiary/aromatic N) is 4. The van der Waals surface area contributed by atoms with Crippen LogP contribution in [0.2, 0.25) is 5.02 Å². The molecule has 1 atom stereocenters. The summed E-state index contributed by atoms with van der Waals surface area (Å²) in [5.74, 6) is -2.36. The van der Waals surface area contributed by atoms with Crippen molar-refractivity contribution in [2.45, 2.75) is 76.0 Å². The Morgan fingerprint density at radius 2 is 1.63 bits per heavy atom. The van der Waals surface area contributed by atoms with Crippen LogP contribution >= 0.6 is 11.6 Å². The van der Waals surface area contributed by atoms with Gasteiger partial charge in [-0.2, -0.15) is 13.2 Å². The lowest BCUT2D eigenvalue weighted by Crippen LogP contribution is -2.50. The third-order valence-corrected chi connectivity index (χ3v) is 11.7. The average Bonchev–Trinajstić information content (AvgIpc) is 3.29. The lowest BCUT2D eigenvalue weighted by molar-refractivity contribution is -0.139. The number of carbonyl (C=O) groups is 3. The predicted octanol–water partition coefficient (Wildman–Crippen LogP) is 6.63. The van der Waals surface area contributed by atoms with Gasteiger partial charge in [-0.1, -0.05) is 35.9 Å². The summed E-state index contributed by atoms with van der Waals surface area (Å²) >= 11 is 6.01. The van der Waals surface area contributed by atoms with Crippen molar-refractivity contribution in [3.63, 3.8) is 0 Å². The van der Waals surface area contributed by atoms with Gasteiger partial charge in [0.15, 0.2) is 5.78 Å². The number of carbonyl (C=O) groups excluding carboxylic acids is 3. The molecule has 0 radical (unpaired) electrons. The first-order chi connectivity index (χ1) is 24.9. The summed E-state index contributed by atoms with van der Waals surface area (Å²) in [7, 11) is 2.15. The standard InChI is InChI=1S/C39H49ClF3N5O4/c1-45-15-11-30(12-16-45)46-17-8-26(9-18-46)6-7-35(49)29(22-27-23-32(39(41,42)43)37(51)33(40)24-27)25-36(50)47-19-13-31(14-20-47)48-21-10-28-4-2-3-5-34(28)44-38(48)52/h2-7,23-24,26,29-31,51H,8-22,25H2,1H3,(H,44,52)/b7-6+/t29-/m0/s1. The number of amides is 3. The summed E-state index contributed by atoms with van der Waals surface area (Å²) in [4.78, 5) is 49.0. The van der Waals surface area contributed by atoms with Gasteiger partial charge >= 0.3 is 12.2 Å². The number of halogens is 4. The number of alkyl halides is 3. The summed E-state index contributed by atoms with van der Waals surface area (Å²) in [5.41, 5.74) is 0.726. The smallest absolute Gasteiger partial charge is 0.420 e. The molecule has 2 aromatic rings. The molecule has 6 rings (SSSR count). The number of likely N-dealkylation sites (tertiary alicyclic amines) is 3. The fraction of sp³-hybridized carbons (Fsp3) is 0.564. The highest BCUT2D eigenvalue weighted by atomic mass is 35.5. The molecule has 3 fully saturated rings. The van der Waals surface area contributed by atoms with Gasteiger partial charge in [0.05, 0.1) is 10.6 Å². The summed E-state index contributed by atoms with van der Waals surface area (Å²) < 4.78 is 41.2. The maximum Gasteiger partial charge on any atom is 0.420 e. The zero-order valence-electron chi connectivity index (χ0n) is 29.7. The number of allylic oxidation sites excluding steroid dienone is 2. The van der Waals surface area contributed by atoms with E-state index in [0.717, 1.165) is 75.6 Å². The fourth-order valence-electron chi connectivity index (χ4n) is 8.26. The van der Waals surface area contributed by atoms with Gasteiger partial charge in [-0.3, -0.25) is 9.59 Å². The van der Waals surface area contributed by atoms with E-state index in [-0.39, 0.29) is 48.1 Å². The Morgan fingerprint density at radius 1 is 0.962 bits per heavy atom. The molecular formula is C39H49ClF3N5O4. The largest absolute Gasteiger partial charge is 0.506 e. The predicted molar refractivity (Wildman–Crippen MR) is 194 cm³/mol. The zero-order valence-corrected chi connectivity index (χ0v) is 30.5. The molecule has 282 valence electrons. The molecule has 4 aliphatic rings. The van der Waals surface area contributed by atoms with Gasteiger partial charge in [0.2, 0.25) is 5.91 Å². The molecule has 0 spiro atoms. The second-order valence-corrected chi connectivity index (χ2v) is 15.3. The number of benzene rings is 2. The Balaban J connectivity index is 1.10. The molecule has 2 aromatic carbocycles. The van der Waals surface area contributed by atoms with E-state index in [1.807, 2.05) is 35.2 Å². The first kappa shape index (κ1) is 38.1. The Hall–Kier alpha value is -3.61. The van der Waals surface area contributed by atoms with E-state index < -0.39 is 28.4 Å². The van der Waals surface area contributed by atoms with E-state index in [1.165, 1.54) is 12.1 Å². The molecule has 0 saturated carbocycles. The molecule has 0 bridgehead atoms. The van der Waals surface area contributed by atoms with Gasteiger partial charge < -0.3 is 30.0 Å². The number of urea groups is 1. The number of fused-ring (bicyclic) bond motifs is 1. The van der Waals surface area contributed by atoms with Crippen LogP contribution in [0.25, 0.3) is 0 Å². The first-order valence-electron chi connectivity index (χ1n) is 18.5. The van der Waals surface area contributed by atoms with E-state index in [4.69, 9.17) is 11.6 Å². The monoisotopic (exact) mass is 743 g/mol. The number of anilines is 1. The SMILES string of the molecule is CN1CCC(N2CCC(/C=C/C(=O)[C@H](CC(=O)N3CCC(N4CCc5ccccc5NC4=O)CC3)Cc3cc(Cl)c(O)c(C(F)(F)F)c3)CC2)CC1. The zero-order chi connectivity index (χ0) is 37.0. The Kier molecular flexibility index (Phi) is 12.2. The minimum Gasteiger partial charge on any atom is -0.506 e. The van der Waals surface area contributed by atoms with Crippen LogP contribution in [-0.2, 0) is 28.6 Å². The van der Waals surface area contributed by atoms with Crippen LogP contribution < -0.4 is 5.32 Å². The highest BCUT2D eigenvalue weighted by Crippen LogP contribution is 2.41. The molecule has 3 saturated heterocycles. The fourth-order valence-corrected chi connectivity index (χ4v) is 8.50.